The molecule has 122 valence electrons. The van der Waals surface area contributed by atoms with Crippen LogP contribution in [-0.4, -0.2) is 22.6 Å². The molecule has 1 aromatic carbocycles. The lowest BCUT2D eigenvalue weighted by Crippen LogP contribution is -2.25. The zero-order valence-corrected chi connectivity index (χ0v) is 13.3. The van der Waals surface area contributed by atoms with Crippen molar-refractivity contribution in [3.05, 3.63) is 70.1 Å². The zero-order chi connectivity index (χ0) is 17.1. The van der Waals surface area contributed by atoms with E-state index in [4.69, 9.17) is 20.8 Å². The molecule has 0 aliphatic heterocycles. The van der Waals surface area contributed by atoms with Gasteiger partial charge in [0.05, 0.1) is 24.1 Å². The molecule has 0 atom stereocenters. The fraction of sp³-hybridized carbons (Fsp3) is 0.0625. The number of carbonyl (C=O) groups excluding carboxylic acids is 1. The molecule has 0 spiro atoms. The monoisotopic (exact) mass is 345 g/mol. The van der Waals surface area contributed by atoms with Crippen LogP contribution < -0.4 is 15.6 Å². The Morgan fingerprint density at radius 3 is 2.88 bits per heavy atom. The molecular formula is C16H12ClN3O4. The lowest BCUT2D eigenvalue weighted by molar-refractivity contribution is 0.0996. The highest BCUT2D eigenvalue weighted by Crippen LogP contribution is 2.26. The number of aromatic nitrogens is 2. The molecule has 3 aromatic rings. The number of nitrogens with zero attached hydrogens (tertiary/aromatic N) is 2. The normalized spacial score (nSPS) is 10.4. The highest BCUT2D eigenvalue weighted by atomic mass is 35.5. The smallest absolute Gasteiger partial charge is 0.298 e. The van der Waals surface area contributed by atoms with Crippen molar-refractivity contribution in [1.29, 1.82) is 0 Å². The number of anilines is 1. The van der Waals surface area contributed by atoms with Crippen molar-refractivity contribution >= 4 is 23.3 Å². The summed E-state index contributed by atoms with van der Waals surface area (Å²) in [5, 5.41) is 2.79. The van der Waals surface area contributed by atoms with Crippen molar-refractivity contribution < 1.29 is 13.9 Å². The second kappa shape index (κ2) is 6.59. The number of benzene rings is 1. The maximum atomic E-state index is 12.5. The third kappa shape index (κ3) is 3.02. The van der Waals surface area contributed by atoms with Gasteiger partial charge in [0.2, 0.25) is 0 Å². The summed E-state index contributed by atoms with van der Waals surface area (Å²) < 4.78 is 11.4. The number of hydrogen-bond donors (Lipinski definition) is 1. The van der Waals surface area contributed by atoms with Gasteiger partial charge in [-0.1, -0.05) is 11.6 Å². The quantitative estimate of drug-likeness (QED) is 0.785. The predicted molar refractivity (Wildman–Crippen MR) is 88.1 cm³/mol. The molecule has 2 aromatic heterocycles. The van der Waals surface area contributed by atoms with E-state index in [1.807, 2.05) is 0 Å². The minimum absolute atomic E-state index is 0.0825. The van der Waals surface area contributed by atoms with Gasteiger partial charge in [0.15, 0.2) is 11.6 Å². The molecular weight excluding hydrogens is 334 g/mol. The fourth-order valence-electron chi connectivity index (χ4n) is 2.08. The predicted octanol–water partition coefficient (Wildman–Crippen LogP) is 2.74. The largest absolute Gasteiger partial charge is 0.495 e. The van der Waals surface area contributed by atoms with E-state index in [1.54, 1.807) is 24.3 Å². The summed E-state index contributed by atoms with van der Waals surface area (Å²) in [6.07, 6.45) is 4.24. The van der Waals surface area contributed by atoms with Crippen LogP contribution in [0, 0.1) is 0 Å². The van der Waals surface area contributed by atoms with Gasteiger partial charge in [0.25, 0.3) is 11.5 Å². The molecule has 0 aliphatic rings. The number of hydrogen-bond acceptors (Lipinski definition) is 5. The molecule has 3 rings (SSSR count). The number of methoxy groups -OCH3 is 1. The van der Waals surface area contributed by atoms with Crippen LogP contribution >= 0.6 is 11.6 Å². The van der Waals surface area contributed by atoms with E-state index in [0.29, 0.717) is 16.5 Å². The Kier molecular flexibility index (Phi) is 4.35. The summed E-state index contributed by atoms with van der Waals surface area (Å²) in [6, 6.07) is 7.96. The Bertz CT molecular complexity index is 935. The van der Waals surface area contributed by atoms with Gasteiger partial charge in [-0.3, -0.25) is 19.5 Å². The minimum atomic E-state index is -0.560. The van der Waals surface area contributed by atoms with Crippen LogP contribution in [0.3, 0.4) is 0 Å². The highest BCUT2D eigenvalue weighted by molar-refractivity contribution is 6.32. The Hall–Kier alpha value is -3.06. The van der Waals surface area contributed by atoms with Crippen LogP contribution in [0.2, 0.25) is 5.02 Å². The summed E-state index contributed by atoms with van der Waals surface area (Å²) >= 11 is 6.09. The first kappa shape index (κ1) is 15.8. The average Bonchev–Trinajstić information content (AvgIpc) is 3.11. The van der Waals surface area contributed by atoms with Gasteiger partial charge < -0.3 is 9.15 Å². The number of halogens is 1. The van der Waals surface area contributed by atoms with E-state index in [0.717, 1.165) is 0 Å². The fourth-order valence-corrected chi connectivity index (χ4v) is 2.33. The summed E-state index contributed by atoms with van der Waals surface area (Å²) in [5.74, 6) is -0.103. The van der Waals surface area contributed by atoms with Crippen LogP contribution in [0.15, 0.2) is 58.2 Å². The molecule has 0 fully saturated rings. The van der Waals surface area contributed by atoms with E-state index >= 15 is 0 Å². The molecule has 7 nitrogen and oxygen atoms in total. The first-order chi connectivity index (χ1) is 11.6. The second-order valence-electron chi connectivity index (χ2n) is 4.70. The van der Waals surface area contributed by atoms with Crippen LogP contribution in [0.4, 0.5) is 5.82 Å². The molecule has 0 aliphatic carbocycles. The Balaban J connectivity index is 1.95. The third-order valence-corrected chi connectivity index (χ3v) is 3.53. The van der Waals surface area contributed by atoms with E-state index in [-0.39, 0.29) is 11.6 Å². The number of amides is 1. The van der Waals surface area contributed by atoms with Crippen molar-refractivity contribution in [3.8, 4) is 11.4 Å². The first-order valence-corrected chi connectivity index (χ1v) is 7.24. The van der Waals surface area contributed by atoms with Gasteiger partial charge in [0.1, 0.15) is 5.75 Å². The topological polar surface area (TPSA) is 86.4 Å². The summed E-state index contributed by atoms with van der Waals surface area (Å²) in [6.45, 7) is 0. The van der Waals surface area contributed by atoms with Crippen LogP contribution in [0.5, 0.6) is 5.75 Å². The van der Waals surface area contributed by atoms with Gasteiger partial charge in [-0.15, -0.1) is 0 Å². The van der Waals surface area contributed by atoms with Crippen LogP contribution in [0.1, 0.15) is 10.6 Å². The number of carbonyl (C=O) groups is 1. The van der Waals surface area contributed by atoms with Crippen molar-refractivity contribution in [1.82, 2.24) is 9.55 Å². The molecule has 2 heterocycles. The van der Waals surface area contributed by atoms with Gasteiger partial charge in [-0.05, 0) is 30.3 Å². The molecule has 0 radical (unpaired) electrons. The van der Waals surface area contributed by atoms with Gasteiger partial charge >= 0.3 is 0 Å². The zero-order valence-electron chi connectivity index (χ0n) is 12.5. The minimum Gasteiger partial charge on any atom is -0.495 e. The summed E-state index contributed by atoms with van der Waals surface area (Å²) in [5.41, 5.74) is 0.0142. The summed E-state index contributed by atoms with van der Waals surface area (Å²) in [4.78, 5) is 28.4. The van der Waals surface area contributed by atoms with Gasteiger partial charge in [-0.25, -0.2) is 4.98 Å². The van der Waals surface area contributed by atoms with Gasteiger partial charge in [-0.2, -0.15) is 0 Å². The summed E-state index contributed by atoms with van der Waals surface area (Å²) in [7, 11) is 1.50. The van der Waals surface area contributed by atoms with Crippen molar-refractivity contribution in [2.75, 3.05) is 12.4 Å². The molecule has 0 saturated carbocycles. The Morgan fingerprint density at radius 1 is 1.38 bits per heavy atom. The maximum Gasteiger partial charge on any atom is 0.298 e. The molecule has 24 heavy (non-hydrogen) atoms. The lowest BCUT2D eigenvalue weighted by atomic mass is 10.3. The standard InChI is InChI=1S/C16H12ClN3O4/c1-23-12-5-4-10(9-11(12)17)20-7-6-18-14(16(20)22)19-15(21)13-3-2-8-24-13/h2-9H,1H3,(H,18,19,21). The molecule has 0 bridgehead atoms. The molecule has 1 N–H and O–H groups in total. The molecule has 0 saturated heterocycles. The van der Waals surface area contributed by atoms with Crippen molar-refractivity contribution in [2.24, 2.45) is 0 Å². The number of nitrogens with one attached hydrogen (secondary N) is 1. The van der Waals surface area contributed by atoms with Crippen LogP contribution in [-0.2, 0) is 0 Å². The third-order valence-electron chi connectivity index (χ3n) is 3.23. The number of furan rings is 1. The van der Waals surface area contributed by atoms with E-state index in [9.17, 15) is 9.59 Å². The molecule has 8 heteroatoms. The van der Waals surface area contributed by atoms with E-state index < -0.39 is 11.5 Å². The Labute approximate surface area is 141 Å². The van der Waals surface area contributed by atoms with Gasteiger partial charge in [0, 0.05) is 12.4 Å². The van der Waals surface area contributed by atoms with Crippen LogP contribution in [0.25, 0.3) is 5.69 Å². The average molecular weight is 346 g/mol. The van der Waals surface area contributed by atoms with Crippen molar-refractivity contribution in [2.45, 2.75) is 0 Å². The molecule has 1 amide bonds. The Morgan fingerprint density at radius 2 is 2.21 bits per heavy atom. The SMILES string of the molecule is COc1ccc(-n2ccnc(NC(=O)c3ccco3)c2=O)cc1Cl. The highest BCUT2D eigenvalue weighted by Gasteiger charge is 2.14. The molecule has 0 unspecified atom stereocenters. The number of rotatable bonds is 4. The lowest BCUT2D eigenvalue weighted by Gasteiger charge is -2.10. The second-order valence-corrected chi connectivity index (χ2v) is 5.11. The van der Waals surface area contributed by atoms with Crippen molar-refractivity contribution in [3.63, 3.8) is 0 Å². The number of ether oxygens (including phenoxy) is 1. The van der Waals surface area contributed by atoms with E-state index in [1.165, 1.54) is 36.4 Å². The van der Waals surface area contributed by atoms with E-state index in [2.05, 4.69) is 10.3 Å². The maximum absolute atomic E-state index is 12.5. The first-order valence-electron chi connectivity index (χ1n) is 6.86.